The number of carbonyl (C=O) groups is 1. The first-order chi connectivity index (χ1) is 12.3. The van der Waals surface area contributed by atoms with Crippen LogP contribution in [-0.2, 0) is 0 Å². The van der Waals surface area contributed by atoms with Gasteiger partial charge < -0.3 is 15.3 Å². The average molecular weight is 362 g/mol. The van der Waals surface area contributed by atoms with Crippen LogP contribution < -0.4 is 10.2 Å². The van der Waals surface area contributed by atoms with E-state index in [9.17, 15) is 20.0 Å². The van der Waals surface area contributed by atoms with E-state index < -0.39 is 4.92 Å². The molecular weight excluding hydrogens is 336 g/mol. The monoisotopic (exact) mass is 362 g/mol. The molecule has 0 atom stereocenters. The van der Waals surface area contributed by atoms with Gasteiger partial charge in [0.05, 0.1) is 22.8 Å². The minimum Gasteiger partial charge on any atom is -0.395 e. The molecule has 2 N–H and O–H groups in total. The number of rotatable bonds is 6. The van der Waals surface area contributed by atoms with Crippen LogP contribution in [0.3, 0.4) is 0 Å². The lowest BCUT2D eigenvalue weighted by atomic mass is 9.97. The van der Waals surface area contributed by atoms with Gasteiger partial charge in [0.2, 0.25) is 0 Å². The number of nitro groups is 1. The maximum absolute atomic E-state index is 12.7. The molecule has 0 unspecified atom stereocenters. The summed E-state index contributed by atoms with van der Waals surface area (Å²) in [5, 5.41) is 23.3. The molecule has 1 heterocycles. The second-order valence-electron chi connectivity index (χ2n) is 7.65. The van der Waals surface area contributed by atoms with E-state index in [4.69, 9.17) is 0 Å². The number of β-amino-alcohol motifs (C(OH)–C–C–N with tert-alkyl or cyclic N) is 1. The molecule has 142 valence electrons. The van der Waals surface area contributed by atoms with Crippen molar-refractivity contribution in [2.45, 2.75) is 38.3 Å². The lowest BCUT2D eigenvalue weighted by Gasteiger charge is -2.48. The molecule has 26 heavy (non-hydrogen) atoms. The van der Waals surface area contributed by atoms with Crippen molar-refractivity contribution in [3.05, 3.63) is 33.9 Å². The molecule has 2 fully saturated rings. The molecule has 0 spiro atoms. The van der Waals surface area contributed by atoms with Gasteiger partial charge in [-0.3, -0.25) is 19.8 Å². The lowest BCUT2D eigenvalue weighted by molar-refractivity contribution is -0.384. The van der Waals surface area contributed by atoms with Crippen molar-refractivity contribution < 1.29 is 14.8 Å². The van der Waals surface area contributed by atoms with Gasteiger partial charge in [-0.1, -0.05) is 0 Å². The van der Waals surface area contributed by atoms with E-state index in [2.05, 4.69) is 29.0 Å². The fourth-order valence-electron chi connectivity index (χ4n) is 3.52. The van der Waals surface area contributed by atoms with Gasteiger partial charge in [-0.2, -0.15) is 0 Å². The highest BCUT2D eigenvalue weighted by Crippen LogP contribution is 2.31. The van der Waals surface area contributed by atoms with Crippen LogP contribution in [0.15, 0.2) is 18.2 Å². The third-order valence-electron chi connectivity index (χ3n) is 5.13. The number of hydrogen-bond acceptors (Lipinski definition) is 6. The lowest BCUT2D eigenvalue weighted by Crippen LogP contribution is -2.60. The Kier molecular flexibility index (Phi) is 5.15. The first-order valence-electron chi connectivity index (χ1n) is 9.02. The van der Waals surface area contributed by atoms with Crippen molar-refractivity contribution in [2.75, 3.05) is 37.7 Å². The summed E-state index contributed by atoms with van der Waals surface area (Å²) in [5.74, 6) is -0.248. The van der Waals surface area contributed by atoms with Crippen molar-refractivity contribution in [3.8, 4) is 0 Å². The summed E-state index contributed by atoms with van der Waals surface area (Å²) < 4.78 is 0. The van der Waals surface area contributed by atoms with E-state index >= 15 is 0 Å². The first-order valence-corrected chi connectivity index (χ1v) is 9.02. The van der Waals surface area contributed by atoms with Gasteiger partial charge in [-0.25, -0.2) is 0 Å². The Balaban J connectivity index is 1.88. The number of carbonyl (C=O) groups excluding carboxylic acids is 1. The number of aliphatic hydroxyl groups is 1. The summed E-state index contributed by atoms with van der Waals surface area (Å²) in [7, 11) is 0. The Labute approximate surface area is 152 Å². The Bertz CT molecular complexity index is 702. The second-order valence-corrected chi connectivity index (χ2v) is 7.65. The van der Waals surface area contributed by atoms with Crippen molar-refractivity contribution in [1.29, 1.82) is 0 Å². The summed E-state index contributed by atoms with van der Waals surface area (Å²) in [4.78, 5) is 27.7. The summed E-state index contributed by atoms with van der Waals surface area (Å²) >= 11 is 0. The number of non-ortho nitro benzene ring substituents is 1. The van der Waals surface area contributed by atoms with Gasteiger partial charge in [0, 0.05) is 49.9 Å². The molecule has 1 saturated carbocycles. The second kappa shape index (κ2) is 7.20. The third-order valence-corrected chi connectivity index (χ3v) is 5.13. The largest absolute Gasteiger partial charge is 0.395 e. The normalized spacial score (nSPS) is 20.0. The van der Waals surface area contributed by atoms with E-state index in [0.717, 1.165) is 25.1 Å². The van der Waals surface area contributed by atoms with Crippen LogP contribution in [0, 0.1) is 10.1 Å². The van der Waals surface area contributed by atoms with Crippen LogP contribution in [0.2, 0.25) is 0 Å². The number of piperazine rings is 1. The molecule has 1 aromatic rings. The Hall–Kier alpha value is -2.19. The van der Waals surface area contributed by atoms with E-state index in [-0.39, 0.29) is 29.8 Å². The van der Waals surface area contributed by atoms with Crippen LogP contribution >= 0.6 is 0 Å². The van der Waals surface area contributed by atoms with Crippen molar-refractivity contribution in [3.63, 3.8) is 0 Å². The van der Waals surface area contributed by atoms with Crippen LogP contribution in [0.1, 0.15) is 37.0 Å². The molecule has 8 nitrogen and oxygen atoms in total. The van der Waals surface area contributed by atoms with E-state index in [0.29, 0.717) is 25.2 Å². The predicted octanol–water partition coefficient (Wildman–Crippen LogP) is 1.38. The van der Waals surface area contributed by atoms with Crippen LogP contribution in [-0.4, -0.2) is 65.2 Å². The van der Waals surface area contributed by atoms with Gasteiger partial charge >= 0.3 is 0 Å². The maximum atomic E-state index is 12.7. The summed E-state index contributed by atoms with van der Waals surface area (Å²) in [6.45, 7) is 7.05. The SMILES string of the molecule is CC1(C)CN(c2ccc([N+](=O)[O-])cc2C(=O)NC2CC2)CCN1CCO. The zero-order chi connectivity index (χ0) is 18.9. The minimum absolute atomic E-state index is 0.0760. The highest BCUT2D eigenvalue weighted by Gasteiger charge is 2.35. The summed E-state index contributed by atoms with van der Waals surface area (Å²) in [6.07, 6.45) is 1.92. The fraction of sp³-hybridized carbons (Fsp3) is 0.611. The molecule has 0 aromatic heterocycles. The topological polar surface area (TPSA) is 98.9 Å². The first kappa shape index (κ1) is 18.6. The Morgan fingerprint density at radius 1 is 1.38 bits per heavy atom. The number of anilines is 1. The Morgan fingerprint density at radius 3 is 2.69 bits per heavy atom. The van der Waals surface area contributed by atoms with Gasteiger partial charge in [0.1, 0.15) is 0 Å². The number of nitro benzene ring substituents is 1. The van der Waals surface area contributed by atoms with Crippen molar-refractivity contribution in [2.24, 2.45) is 0 Å². The molecule has 2 aliphatic rings. The summed E-state index contributed by atoms with van der Waals surface area (Å²) in [5.41, 5.74) is 0.836. The van der Waals surface area contributed by atoms with Crippen LogP contribution in [0.4, 0.5) is 11.4 Å². The zero-order valence-corrected chi connectivity index (χ0v) is 15.3. The number of nitrogens with one attached hydrogen (secondary N) is 1. The highest BCUT2D eigenvalue weighted by atomic mass is 16.6. The average Bonchev–Trinajstić information content (AvgIpc) is 3.40. The van der Waals surface area contributed by atoms with Gasteiger partial charge in [0.25, 0.3) is 11.6 Å². The molecular formula is C18H26N4O4. The molecule has 0 radical (unpaired) electrons. The standard InChI is InChI=1S/C18H26N4O4/c1-18(2)12-20(7-8-21(18)9-10-23)16-6-5-14(22(25)26)11-15(16)17(24)19-13-3-4-13/h5-6,11,13,23H,3-4,7-10,12H2,1-2H3,(H,19,24). The van der Waals surface area contributed by atoms with Crippen LogP contribution in [0.25, 0.3) is 0 Å². The molecule has 8 heteroatoms. The predicted molar refractivity (Wildman–Crippen MR) is 98.5 cm³/mol. The molecule has 1 saturated heterocycles. The molecule has 1 aliphatic heterocycles. The third kappa shape index (κ3) is 3.96. The van der Waals surface area contributed by atoms with Crippen molar-refractivity contribution in [1.82, 2.24) is 10.2 Å². The van der Waals surface area contributed by atoms with Gasteiger partial charge in [-0.15, -0.1) is 0 Å². The van der Waals surface area contributed by atoms with Crippen LogP contribution in [0.5, 0.6) is 0 Å². The number of benzene rings is 1. The van der Waals surface area contributed by atoms with E-state index in [1.807, 2.05) is 0 Å². The fourth-order valence-corrected chi connectivity index (χ4v) is 3.52. The van der Waals surface area contributed by atoms with Gasteiger partial charge in [0.15, 0.2) is 0 Å². The summed E-state index contributed by atoms with van der Waals surface area (Å²) in [6, 6.07) is 4.70. The number of hydrogen-bond donors (Lipinski definition) is 2. The minimum atomic E-state index is -0.471. The molecule has 3 rings (SSSR count). The highest BCUT2D eigenvalue weighted by molar-refractivity contribution is 6.00. The van der Waals surface area contributed by atoms with Crippen molar-refractivity contribution >= 4 is 17.3 Å². The zero-order valence-electron chi connectivity index (χ0n) is 15.3. The Morgan fingerprint density at radius 2 is 2.12 bits per heavy atom. The molecule has 1 aliphatic carbocycles. The number of amides is 1. The molecule has 1 aromatic carbocycles. The maximum Gasteiger partial charge on any atom is 0.270 e. The number of aliphatic hydroxyl groups excluding tert-OH is 1. The quantitative estimate of drug-likeness (QED) is 0.586. The molecule has 1 amide bonds. The number of nitrogens with zero attached hydrogens (tertiary/aromatic N) is 3. The smallest absolute Gasteiger partial charge is 0.270 e. The van der Waals surface area contributed by atoms with E-state index in [1.165, 1.54) is 12.1 Å². The van der Waals surface area contributed by atoms with Gasteiger partial charge in [-0.05, 0) is 32.8 Å². The molecule has 0 bridgehead atoms. The van der Waals surface area contributed by atoms with E-state index in [1.54, 1.807) is 6.07 Å².